The first-order valence-corrected chi connectivity index (χ1v) is 19.4. The second kappa shape index (κ2) is 20.2. The lowest BCUT2D eigenvalue weighted by Crippen LogP contribution is -2.31. The van der Waals surface area contributed by atoms with Gasteiger partial charge >= 0.3 is 5.97 Å². The minimum atomic E-state index is -0.568. The predicted molar refractivity (Wildman–Crippen MR) is 216 cm³/mol. The monoisotopic (exact) mass is 704 g/mol. The molecule has 0 unspecified atom stereocenters. The van der Waals surface area contributed by atoms with Gasteiger partial charge in [0.25, 0.3) is 0 Å². The molecule has 0 saturated heterocycles. The number of hydrogen-bond acceptors (Lipinski definition) is 5. The zero-order valence-electron chi connectivity index (χ0n) is 32.2. The van der Waals surface area contributed by atoms with Crippen LogP contribution >= 0.6 is 0 Å². The van der Waals surface area contributed by atoms with E-state index in [0.717, 1.165) is 48.8 Å². The van der Waals surface area contributed by atoms with Crippen molar-refractivity contribution in [1.29, 1.82) is 0 Å². The first-order valence-electron chi connectivity index (χ1n) is 19.4. The maximum Gasteiger partial charge on any atom is 0.333 e. The van der Waals surface area contributed by atoms with Gasteiger partial charge in [-0.3, -0.25) is 0 Å². The van der Waals surface area contributed by atoms with Gasteiger partial charge in [0.1, 0.15) is 5.75 Å². The average Bonchev–Trinajstić information content (AvgIpc) is 3.17. The van der Waals surface area contributed by atoms with Crippen molar-refractivity contribution >= 4 is 5.97 Å². The average molecular weight is 705 g/mol. The van der Waals surface area contributed by atoms with Crippen LogP contribution in [0.1, 0.15) is 95.4 Å². The molecule has 52 heavy (non-hydrogen) atoms. The zero-order chi connectivity index (χ0) is 37.5. The fourth-order valence-electron chi connectivity index (χ4n) is 6.98. The van der Waals surface area contributed by atoms with E-state index in [0.29, 0.717) is 30.8 Å². The molecule has 5 nitrogen and oxygen atoms in total. The second-order valence-electron chi connectivity index (χ2n) is 14.3. The minimum Gasteiger partial charge on any atom is -0.493 e. The summed E-state index contributed by atoms with van der Waals surface area (Å²) < 4.78 is 11.7. The summed E-state index contributed by atoms with van der Waals surface area (Å²) >= 11 is 0. The summed E-state index contributed by atoms with van der Waals surface area (Å²) in [6.07, 6.45) is 9.34. The molecule has 278 valence electrons. The Labute approximate surface area is 312 Å². The predicted octanol–water partition coefficient (Wildman–Crippen LogP) is 10.7. The molecule has 0 aliphatic carbocycles. The Hall–Kier alpha value is -4.19. The number of carbonyl (C=O) groups is 1. The molecule has 0 aliphatic rings. The maximum absolute atomic E-state index is 12.1. The maximum atomic E-state index is 12.1. The van der Waals surface area contributed by atoms with Crippen molar-refractivity contribution in [3.63, 3.8) is 0 Å². The van der Waals surface area contributed by atoms with Crippen molar-refractivity contribution in [2.24, 2.45) is 5.41 Å². The number of hydrogen-bond donors (Lipinski definition) is 2. The smallest absolute Gasteiger partial charge is 0.333 e. The fraction of sp³-hybridized carbons (Fsp3) is 0.426. The van der Waals surface area contributed by atoms with Crippen molar-refractivity contribution < 1.29 is 24.5 Å². The number of unbranched alkanes of at least 4 members (excludes halogenated alkanes) is 2. The van der Waals surface area contributed by atoms with Gasteiger partial charge in [-0.15, -0.1) is 0 Å². The topological polar surface area (TPSA) is 76.0 Å². The number of ether oxygens (including phenoxy) is 2. The van der Waals surface area contributed by atoms with Crippen LogP contribution in [0.4, 0.5) is 0 Å². The van der Waals surface area contributed by atoms with Crippen LogP contribution in [0.5, 0.6) is 5.75 Å². The highest BCUT2D eigenvalue weighted by atomic mass is 16.5. The Kier molecular flexibility index (Phi) is 15.7. The van der Waals surface area contributed by atoms with Crippen molar-refractivity contribution in [2.45, 2.75) is 98.8 Å². The Bertz CT molecular complexity index is 1750. The van der Waals surface area contributed by atoms with E-state index in [-0.39, 0.29) is 19.8 Å². The molecule has 0 atom stereocenters. The van der Waals surface area contributed by atoms with Crippen LogP contribution in [0.2, 0.25) is 0 Å². The molecule has 0 amide bonds. The van der Waals surface area contributed by atoms with Crippen LogP contribution in [0.3, 0.4) is 0 Å². The normalized spacial score (nSPS) is 11.4. The molecule has 4 rings (SSSR count). The van der Waals surface area contributed by atoms with E-state index in [1.165, 1.54) is 58.2 Å². The summed E-state index contributed by atoms with van der Waals surface area (Å²) in [5, 5.41) is 20.1. The van der Waals surface area contributed by atoms with E-state index in [4.69, 9.17) is 9.47 Å². The number of aryl methyl sites for hydroxylation is 3. The highest BCUT2D eigenvalue weighted by Crippen LogP contribution is 2.35. The fourth-order valence-corrected chi connectivity index (χ4v) is 6.98. The van der Waals surface area contributed by atoms with Gasteiger partial charge in [0.2, 0.25) is 0 Å². The van der Waals surface area contributed by atoms with Gasteiger partial charge in [0.15, 0.2) is 0 Å². The molecule has 4 aromatic rings. The van der Waals surface area contributed by atoms with Crippen LogP contribution in [-0.4, -0.2) is 42.6 Å². The van der Waals surface area contributed by atoms with E-state index in [2.05, 4.69) is 107 Å². The second-order valence-corrected chi connectivity index (χ2v) is 14.3. The van der Waals surface area contributed by atoms with E-state index in [1.807, 2.05) is 6.07 Å². The van der Waals surface area contributed by atoms with Gasteiger partial charge in [-0.05, 0) is 113 Å². The van der Waals surface area contributed by atoms with Gasteiger partial charge in [-0.1, -0.05) is 120 Å². The first-order chi connectivity index (χ1) is 25.2. The van der Waals surface area contributed by atoms with Gasteiger partial charge in [0, 0.05) is 17.4 Å². The highest BCUT2D eigenvalue weighted by Gasteiger charge is 2.28. The summed E-state index contributed by atoms with van der Waals surface area (Å²) in [6, 6.07) is 28.9. The summed E-state index contributed by atoms with van der Waals surface area (Å²) in [5.74, 6) is 0.303. The molecule has 0 aromatic heterocycles. The minimum absolute atomic E-state index is 0.0872. The van der Waals surface area contributed by atoms with E-state index >= 15 is 0 Å². The van der Waals surface area contributed by atoms with Crippen molar-refractivity contribution in [1.82, 2.24) is 0 Å². The van der Waals surface area contributed by atoms with Crippen LogP contribution in [0.15, 0.2) is 91.0 Å². The third-order valence-corrected chi connectivity index (χ3v) is 10.3. The molecule has 0 bridgehead atoms. The Morgan fingerprint density at radius 1 is 0.654 bits per heavy atom. The van der Waals surface area contributed by atoms with Gasteiger partial charge in [-0.2, -0.15) is 0 Å². The summed E-state index contributed by atoms with van der Waals surface area (Å²) in [7, 11) is 0. The number of rotatable bonds is 21. The Balaban J connectivity index is 1.60. The largest absolute Gasteiger partial charge is 0.493 e. The lowest BCUT2D eigenvalue weighted by molar-refractivity contribution is -0.138. The SMILES string of the molecule is C=C(C)C(=O)OCCc1cc(-c2ccc(-c3ccc(-c4ccc(CCCCC)cc4)c(CC)c3)cc2CC)ccc1OCCC(CO)(CO)CCC. The standard InChI is InChI=1S/C47H60O5/c1-7-11-12-13-35-14-16-38(17-15-35)43-21-18-39(29-36(43)9-3)40-19-22-44(37(10-4)30-40)41-20-23-45(42(31-41)24-27-52-46(50)34(5)6)51-28-26-47(32-48,33-49)25-8-2/h14-23,29-31,48-49H,5,7-13,24-28,32-33H2,1-4,6H3. The third kappa shape index (κ3) is 10.7. The van der Waals surface area contributed by atoms with E-state index in [9.17, 15) is 15.0 Å². The van der Waals surface area contributed by atoms with Crippen LogP contribution in [0, 0.1) is 5.41 Å². The number of carbonyl (C=O) groups excluding carboxylic acids is 1. The van der Waals surface area contributed by atoms with E-state index in [1.54, 1.807) is 6.92 Å². The Morgan fingerprint density at radius 3 is 1.79 bits per heavy atom. The number of benzene rings is 4. The van der Waals surface area contributed by atoms with Crippen LogP contribution < -0.4 is 4.74 Å². The van der Waals surface area contributed by atoms with Crippen LogP contribution in [0.25, 0.3) is 33.4 Å². The van der Waals surface area contributed by atoms with E-state index < -0.39 is 11.4 Å². The summed E-state index contributed by atoms with van der Waals surface area (Å²) in [6.45, 7) is 14.4. The third-order valence-electron chi connectivity index (χ3n) is 10.3. The molecule has 0 saturated carbocycles. The molecule has 0 radical (unpaired) electrons. The van der Waals surface area contributed by atoms with Crippen molar-refractivity contribution in [3.05, 3.63) is 113 Å². The molecule has 0 aliphatic heterocycles. The molecular weight excluding hydrogens is 645 g/mol. The molecule has 0 heterocycles. The zero-order valence-corrected chi connectivity index (χ0v) is 32.2. The van der Waals surface area contributed by atoms with Gasteiger partial charge in [0.05, 0.1) is 26.4 Å². The van der Waals surface area contributed by atoms with Crippen molar-refractivity contribution in [3.8, 4) is 39.1 Å². The molecular formula is C47H60O5. The summed E-state index contributed by atoms with van der Waals surface area (Å²) in [5.41, 5.74) is 12.0. The number of aliphatic hydroxyl groups is 2. The van der Waals surface area contributed by atoms with Crippen LogP contribution in [-0.2, 0) is 35.2 Å². The number of esters is 1. The lowest BCUT2D eigenvalue weighted by Gasteiger charge is -2.29. The summed E-state index contributed by atoms with van der Waals surface area (Å²) in [4.78, 5) is 12.1. The van der Waals surface area contributed by atoms with Crippen molar-refractivity contribution in [2.75, 3.05) is 26.4 Å². The number of aliphatic hydroxyl groups excluding tert-OH is 2. The Morgan fingerprint density at radius 2 is 1.23 bits per heavy atom. The molecule has 5 heteroatoms. The quantitative estimate of drug-likeness (QED) is 0.0513. The first kappa shape index (κ1) is 40.6. The molecule has 0 fully saturated rings. The lowest BCUT2D eigenvalue weighted by atomic mass is 9.82. The molecule has 2 N–H and O–H groups in total. The molecule has 4 aromatic carbocycles. The highest BCUT2D eigenvalue weighted by molar-refractivity contribution is 5.87. The van der Waals surface area contributed by atoms with Gasteiger partial charge < -0.3 is 19.7 Å². The molecule has 0 spiro atoms. The van der Waals surface area contributed by atoms with Gasteiger partial charge in [-0.25, -0.2) is 4.79 Å².